The molecule has 1 heterocycles. The predicted octanol–water partition coefficient (Wildman–Crippen LogP) is 2.05. The number of rotatable bonds is 3. The van der Waals surface area contributed by atoms with Crippen LogP contribution in [0.2, 0.25) is 0 Å². The van der Waals surface area contributed by atoms with Gasteiger partial charge in [-0.25, -0.2) is 8.78 Å². The molecule has 0 bridgehead atoms. The Labute approximate surface area is 87.5 Å². The fourth-order valence-corrected chi connectivity index (χ4v) is 1.62. The molecular weight excluding hydrogens is 200 g/mol. The van der Waals surface area contributed by atoms with Crippen molar-refractivity contribution >= 4 is 0 Å². The van der Waals surface area contributed by atoms with Crippen molar-refractivity contribution in [3.05, 3.63) is 29.8 Å². The monoisotopic (exact) mass is 213 g/mol. The Bertz CT molecular complexity index is 330. The van der Waals surface area contributed by atoms with Crippen molar-refractivity contribution in [1.82, 2.24) is 4.90 Å². The van der Waals surface area contributed by atoms with E-state index < -0.39 is 11.6 Å². The molecule has 0 aromatic heterocycles. The van der Waals surface area contributed by atoms with Crippen LogP contribution >= 0.6 is 0 Å². The highest BCUT2D eigenvalue weighted by Gasteiger charge is 2.28. The lowest BCUT2D eigenvalue weighted by atomic mass is 10.1. The third-order valence-corrected chi connectivity index (χ3v) is 2.57. The summed E-state index contributed by atoms with van der Waals surface area (Å²) in [5.74, 6) is -1.52. The van der Waals surface area contributed by atoms with Gasteiger partial charge in [-0.15, -0.1) is 0 Å². The van der Waals surface area contributed by atoms with Gasteiger partial charge in [0, 0.05) is 13.1 Å². The summed E-state index contributed by atoms with van der Waals surface area (Å²) in [6, 6.07) is 3.74. The van der Waals surface area contributed by atoms with Crippen molar-refractivity contribution in [2.24, 2.45) is 0 Å². The summed E-state index contributed by atoms with van der Waals surface area (Å²) in [6.07, 6.45) is -0.0867. The van der Waals surface area contributed by atoms with Crippen LogP contribution in [0.3, 0.4) is 0 Å². The van der Waals surface area contributed by atoms with Crippen LogP contribution in [0.1, 0.15) is 6.92 Å². The average molecular weight is 213 g/mol. The van der Waals surface area contributed by atoms with E-state index in [1.165, 1.54) is 18.2 Å². The molecule has 1 saturated heterocycles. The van der Waals surface area contributed by atoms with Gasteiger partial charge in [0.05, 0.1) is 0 Å². The summed E-state index contributed by atoms with van der Waals surface area (Å²) >= 11 is 0. The number of nitrogens with zero attached hydrogens (tertiary/aromatic N) is 1. The maximum atomic E-state index is 13.2. The van der Waals surface area contributed by atoms with Crippen LogP contribution in [0.15, 0.2) is 18.2 Å². The molecule has 0 N–H and O–H groups in total. The molecule has 0 spiro atoms. The summed E-state index contributed by atoms with van der Waals surface area (Å²) in [5, 5.41) is 0. The van der Waals surface area contributed by atoms with Crippen LogP contribution in [0.25, 0.3) is 0 Å². The first-order valence-electron chi connectivity index (χ1n) is 5.03. The SMILES string of the molecule is CCN1CC(Oc2c(F)cccc2F)C1. The Hall–Kier alpha value is -1.16. The Morgan fingerprint density at radius 2 is 1.93 bits per heavy atom. The third kappa shape index (κ3) is 2.09. The minimum absolute atomic E-state index is 0.0867. The van der Waals surface area contributed by atoms with Crippen molar-refractivity contribution in [3.8, 4) is 5.75 Å². The molecule has 0 atom stereocenters. The van der Waals surface area contributed by atoms with Gasteiger partial charge < -0.3 is 4.74 Å². The van der Waals surface area contributed by atoms with E-state index in [9.17, 15) is 8.78 Å². The number of hydrogen-bond acceptors (Lipinski definition) is 2. The molecule has 1 aromatic rings. The highest BCUT2D eigenvalue weighted by molar-refractivity contribution is 5.26. The van der Waals surface area contributed by atoms with Gasteiger partial charge in [-0.1, -0.05) is 13.0 Å². The molecule has 1 fully saturated rings. The highest BCUT2D eigenvalue weighted by atomic mass is 19.1. The van der Waals surface area contributed by atoms with Crippen LogP contribution in [0.5, 0.6) is 5.75 Å². The lowest BCUT2D eigenvalue weighted by molar-refractivity contribution is 0.0188. The fraction of sp³-hybridized carbons (Fsp3) is 0.455. The van der Waals surface area contributed by atoms with E-state index in [2.05, 4.69) is 4.90 Å². The number of likely N-dealkylation sites (tertiary alicyclic amines) is 1. The Morgan fingerprint density at radius 3 is 2.47 bits per heavy atom. The van der Waals surface area contributed by atoms with Gasteiger partial charge in [-0.05, 0) is 18.7 Å². The first-order valence-corrected chi connectivity index (χ1v) is 5.03. The summed E-state index contributed by atoms with van der Waals surface area (Å²) in [5.41, 5.74) is 0. The second kappa shape index (κ2) is 4.14. The molecule has 1 aliphatic rings. The van der Waals surface area contributed by atoms with Gasteiger partial charge >= 0.3 is 0 Å². The normalized spacial score (nSPS) is 17.5. The largest absolute Gasteiger partial charge is 0.482 e. The number of benzene rings is 1. The molecule has 0 radical (unpaired) electrons. The Kier molecular flexibility index (Phi) is 2.86. The van der Waals surface area contributed by atoms with E-state index in [0.717, 1.165) is 19.6 Å². The van der Waals surface area contributed by atoms with Gasteiger partial charge in [0.2, 0.25) is 0 Å². The van der Waals surface area contributed by atoms with Gasteiger partial charge in [0.25, 0.3) is 0 Å². The number of para-hydroxylation sites is 1. The topological polar surface area (TPSA) is 12.5 Å². The second-order valence-corrected chi connectivity index (χ2v) is 3.64. The average Bonchev–Trinajstić information content (AvgIpc) is 2.14. The molecule has 0 amide bonds. The molecule has 0 saturated carbocycles. The maximum absolute atomic E-state index is 13.2. The summed E-state index contributed by atoms with van der Waals surface area (Å²) in [6.45, 7) is 4.47. The highest BCUT2D eigenvalue weighted by Crippen LogP contribution is 2.24. The lowest BCUT2D eigenvalue weighted by Gasteiger charge is -2.38. The number of halogens is 2. The van der Waals surface area contributed by atoms with Crippen LogP contribution < -0.4 is 4.74 Å². The molecular formula is C11H13F2NO. The minimum atomic E-state index is -0.634. The molecule has 4 heteroatoms. The zero-order valence-electron chi connectivity index (χ0n) is 8.54. The number of likely N-dealkylation sites (N-methyl/N-ethyl adjacent to an activating group) is 1. The van der Waals surface area contributed by atoms with Crippen molar-refractivity contribution in [1.29, 1.82) is 0 Å². The quantitative estimate of drug-likeness (QED) is 0.762. The summed E-state index contributed by atoms with van der Waals surface area (Å²) < 4.78 is 31.6. The molecule has 2 nitrogen and oxygen atoms in total. The number of hydrogen-bond donors (Lipinski definition) is 0. The zero-order chi connectivity index (χ0) is 10.8. The molecule has 0 aliphatic carbocycles. The van der Waals surface area contributed by atoms with Crippen molar-refractivity contribution in [2.45, 2.75) is 13.0 Å². The van der Waals surface area contributed by atoms with Crippen molar-refractivity contribution in [3.63, 3.8) is 0 Å². The molecule has 0 unspecified atom stereocenters. The standard InChI is InChI=1S/C11H13F2NO/c1-2-14-6-8(7-14)15-11-9(12)4-3-5-10(11)13/h3-5,8H,2,6-7H2,1H3. The van der Waals surface area contributed by atoms with Crippen molar-refractivity contribution in [2.75, 3.05) is 19.6 Å². The van der Waals surface area contributed by atoms with E-state index in [0.29, 0.717) is 0 Å². The van der Waals surface area contributed by atoms with E-state index in [1.807, 2.05) is 6.92 Å². The smallest absolute Gasteiger partial charge is 0.191 e. The summed E-state index contributed by atoms with van der Waals surface area (Å²) in [7, 11) is 0. The second-order valence-electron chi connectivity index (χ2n) is 3.64. The predicted molar refractivity (Wildman–Crippen MR) is 52.9 cm³/mol. The Morgan fingerprint density at radius 1 is 1.33 bits per heavy atom. The van der Waals surface area contributed by atoms with E-state index >= 15 is 0 Å². The van der Waals surface area contributed by atoms with Crippen LogP contribution in [0, 0.1) is 11.6 Å². The van der Waals surface area contributed by atoms with E-state index in [1.54, 1.807) is 0 Å². The summed E-state index contributed by atoms with van der Waals surface area (Å²) in [4.78, 5) is 2.14. The molecule has 15 heavy (non-hydrogen) atoms. The van der Waals surface area contributed by atoms with Crippen LogP contribution in [-0.2, 0) is 0 Å². The van der Waals surface area contributed by atoms with E-state index in [4.69, 9.17) is 4.74 Å². The van der Waals surface area contributed by atoms with Gasteiger partial charge in [0.1, 0.15) is 6.10 Å². The molecule has 82 valence electrons. The Balaban J connectivity index is 2.00. The minimum Gasteiger partial charge on any atom is -0.482 e. The first-order chi connectivity index (χ1) is 7.20. The number of ether oxygens (including phenoxy) is 1. The van der Waals surface area contributed by atoms with Gasteiger partial charge in [-0.3, -0.25) is 4.90 Å². The van der Waals surface area contributed by atoms with Crippen LogP contribution in [-0.4, -0.2) is 30.6 Å². The lowest BCUT2D eigenvalue weighted by Crippen LogP contribution is -2.53. The first kappa shape index (κ1) is 10.4. The molecule has 1 aliphatic heterocycles. The van der Waals surface area contributed by atoms with E-state index in [-0.39, 0.29) is 11.9 Å². The van der Waals surface area contributed by atoms with Crippen molar-refractivity contribution < 1.29 is 13.5 Å². The maximum Gasteiger partial charge on any atom is 0.191 e. The fourth-order valence-electron chi connectivity index (χ4n) is 1.62. The van der Waals surface area contributed by atoms with Crippen LogP contribution in [0.4, 0.5) is 8.78 Å². The zero-order valence-corrected chi connectivity index (χ0v) is 8.54. The molecule has 2 rings (SSSR count). The third-order valence-electron chi connectivity index (χ3n) is 2.57. The van der Waals surface area contributed by atoms with Gasteiger partial charge in [0.15, 0.2) is 17.4 Å². The molecule has 1 aromatic carbocycles. The van der Waals surface area contributed by atoms with Gasteiger partial charge in [-0.2, -0.15) is 0 Å².